The second-order valence-electron chi connectivity index (χ2n) is 7.17. The predicted molar refractivity (Wildman–Crippen MR) is 131 cm³/mol. The molecule has 3 aromatic rings. The molecule has 0 fully saturated rings. The highest BCUT2D eigenvalue weighted by Crippen LogP contribution is 2.36. The van der Waals surface area contributed by atoms with Crippen LogP contribution in [0, 0.1) is 13.8 Å². The number of carbonyl (C=O) groups is 1. The number of hydrogen-bond acceptors (Lipinski definition) is 5. The van der Waals surface area contributed by atoms with Crippen molar-refractivity contribution in [3.05, 3.63) is 82.4 Å². The number of hydrazone groups is 1. The fourth-order valence-corrected chi connectivity index (χ4v) is 3.18. The number of urea groups is 1. The van der Waals surface area contributed by atoms with Crippen LogP contribution in [0.2, 0.25) is 5.02 Å². The predicted octanol–water partition coefficient (Wildman–Crippen LogP) is 5.58. The molecule has 0 bridgehead atoms. The summed E-state index contributed by atoms with van der Waals surface area (Å²) in [5, 5.41) is 6.97. The van der Waals surface area contributed by atoms with Gasteiger partial charge in [-0.25, -0.2) is 10.2 Å². The Labute approximate surface area is 198 Å². The van der Waals surface area contributed by atoms with Gasteiger partial charge in [-0.15, -0.1) is 0 Å². The lowest BCUT2D eigenvalue weighted by molar-refractivity contribution is 0.211. The van der Waals surface area contributed by atoms with E-state index in [0.29, 0.717) is 34.4 Å². The topological polar surface area (TPSA) is 81.2 Å². The van der Waals surface area contributed by atoms with Crippen molar-refractivity contribution in [1.82, 2.24) is 5.43 Å². The molecule has 7 nitrogen and oxygen atoms in total. The first-order valence-electron chi connectivity index (χ1n) is 10.3. The quantitative estimate of drug-likeness (QED) is 0.244. The van der Waals surface area contributed by atoms with Crippen molar-refractivity contribution >= 4 is 29.5 Å². The zero-order valence-corrected chi connectivity index (χ0v) is 19.5. The first-order chi connectivity index (χ1) is 16.0. The van der Waals surface area contributed by atoms with E-state index < -0.39 is 6.03 Å². The minimum absolute atomic E-state index is 0.289. The molecule has 8 heteroatoms. The van der Waals surface area contributed by atoms with Gasteiger partial charge >= 0.3 is 6.03 Å². The molecule has 0 heterocycles. The van der Waals surface area contributed by atoms with Crippen LogP contribution in [0.1, 0.15) is 16.7 Å². The van der Waals surface area contributed by atoms with E-state index >= 15 is 0 Å². The van der Waals surface area contributed by atoms with Gasteiger partial charge in [-0.3, -0.25) is 0 Å². The Balaban J connectivity index is 1.54. The molecular weight excluding hydrogens is 442 g/mol. The third kappa shape index (κ3) is 7.15. The van der Waals surface area contributed by atoms with Crippen LogP contribution in [-0.4, -0.2) is 32.6 Å². The number of carbonyl (C=O) groups excluding carboxylic acids is 1. The first kappa shape index (κ1) is 23.9. The molecule has 3 rings (SSSR count). The molecule has 33 heavy (non-hydrogen) atoms. The second kappa shape index (κ2) is 11.8. The maximum atomic E-state index is 11.9. The highest BCUT2D eigenvalue weighted by Gasteiger charge is 2.12. The molecule has 0 aliphatic carbocycles. The molecule has 2 amide bonds. The summed E-state index contributed by atoms with van der Waals surface area (Å²) in [7, 11) is 1.52. The van der Waals surface area contributed by atoms with E-state index in [1.54, 1.807) is 24.3 Å². The maximum absolute atomic E-state index is 11.9. The number of anilines is 1. The summed E-state index contributed by atoms with van der Waals surface area (Å²) in [5.41, 5.74) is 6.09. The van der Waals surface area contributed by atoms with Gasteiger partial charge in [-0.05, 0) is 66.9 Å². The summed E-state index contributed by atoms with van der Waals surface area (Å²) in [5.74, 6) is 1.65. The highest BCUT2D eigenvalue weighted by molar-refractivity contribution is 6.32. The molecule has 0 saturated heterocycles. The van der Waals surface area contributed by atoms with Crippen molar-refractivity contribution in [1.29, 1.82) is 0 Å². The van der Waals surface area contributed by atoms with Crippen LogP contribution in [0.15, 0.2) is 65.8 Å². The monoisotopic (exact) mass is 467 g/mol. The van der Waals surface area contributed by atoms with Crippen molar-refractivity contribution in [3.63, 3.8) is 0 Å². The van der Waals surface area contributed by atoms with Crippen molar-refractivity contribution in [2.45, 2.75) is 13.8 Å². The molecule has 0 saturated carbocycles. The van der Waals surface area contributed by atoms with Crippen LogP contribution in [0.4, 0.5) is 10.5 Å². The lowest BCUT2D eigenvalue weighted by Gasteiger charge is -2.14. The Morgan fingerprint density at radius 3 is 2.48 bits per heavy atom. The highest BCUT2D eigenvalue weighted by atomic mass is 35.5. The molecule has 0 aliphatic rings. The van der Waals surface area contributed by atoms with Crippen LogP contribution < -0.4 is 25.0 Å². The molecule has 0 spiro atoms. The molecule has 0 aromatic heterocycles. The largest absolute Gasteiger partial charge is 0.493 e. The first-order valence-corrected chi connectivity index (χ1v) is 10.7. The van der Waals surface area contributed by atoms with Crippen LogP contribution in [0.5, 0.6) is 17.2 Å². The van der Waals surface area contributed by atoms with Gasteiger partial charge in [0.05, 0.1) is 18.3 Å². The fraction of sp³-hybridized carbons (Fsp3) is 0.200. The summed E-state index contributed by atoms with van der Waals surface area (Å²) in [6, 6.07) is 17.9. The maximum Gasteiger partial charge on any atom is 0.339 e. The van der Waals surface area contributed by atoms with Gasteiger partial charge in [0.1, 0.15) is 19.0 Å². The summed E-state index contributed by atoms with van der Waals surface area (Å²) >= 11 is 6.39. The summed E-state index contributed by atoms with van der Waals surface area (Å²) in [6.07, 6.45) is 1.46. The number of nitrogens with zero attached hydrogens (tertiary/aromatic N) is 1. The fourth-order valence-electron chi connectivity index (χ4n) is 2.91. The van der Waals surface area contributed by atoms with Crippen LogP contribution in [0.3, 0.4) is 0 Å². The summed E-state index contributed by atoms with van der Waals surface area (Å²) in [4.78, 5) is 11.9. The van der Waals surface area contributed by atoms with E-state index in [1.807, 2.05) is 43.3 Å². The molecule has 2 N–H and O–H groups in total. The second-order valence-corrected chi connectivity index (χ2v) is 7.57. The minimum Gasteiger partial charge on any atom is -0.493 e. The minimum atomic E-state index is -0.459. The van der Waals surface area contributed by atoms with Crippen molar-refractivity contribution in [2.75, 3.05) is 25.6 Å². The van der Waals surface area contributed by atoms with Gasteiger partial charge in [0, 0.05) is 5.69 Å². The number of amides is 2. The van der Waals surface area contributed by atoms with E-state index in [1.165, 1.54) is 24.5 Å². The van der Waals surface area contributed by atoms with Crippen molar-refractivity contribution < 1.29 is 19.0 Å². The van der Waals surface area contributed by atoms with E-state index in [4.69, 9.17) is 25.8 Å². The summed E-state index contributed by atoms with van der Waals surface area (Å²) < 4.78 is 16.9. The molecule has 3 aromatic carbocycles. The lowest BCUT2D eigenvalue weighted by atomic mass is 10.1. The third-order valence-corrected chi connectivity index (χ3v) is 5.02. The average Bonchev–Trinajstić information content (AvgIpc) is 2.80. The van der Waals surface area contributed by atoms with E-state index in [2.05, 4.69) is 22.8 Å². The smallest absolute Gasteiger partial charge is 0.339 e. The number of nitrogens with one attached hydrogen (secondary N) is 2. The zero-order chi connectivity index (χ0) is 23.6. The number of halogens is 1. The van der Waals surface area contributed by atoms with Gasteiger partial charge in [0.25, 0.3) is 0 Å². The van der Waals surface area contributed by atoms with Gasteiger partial charge in [0.15, 0.2) is 11.5 Å². The van der Waals surface area contributed by atoms with E-state index in [9.17, 15) is 4.79 Å². The van der Waals surface area contributed by atoms with Crippen LogP contribution >= 0.6 is 11.6 Å². The summed E-state index contributed by atoms with van der Waals surface area (Å²) in [6.45, 7) is 4.74. The lowest BCUT2D eigenvalue weighted by Crippen LogP contribution is -2.24. The van der Waals surface area contributed by atoms with Gasteiger partial charge < -0.3 is 19.5 Å². The Hall–Kier alpha value is -3.71. The molecular formula is C25H26ClN3O4. The Kier molecular flexibility index (Phi) is 8.55. The molecule has 0 atom stereocenters. The van der Waals surface area contributed by atoms with Crippen LogP contribution in [-0.2, 0) is 0 Å². The number of benzene rings is 3. The standard InChI is InChI=1S/C25H26ClN3O4/c1-17-9-10-21(13-18(17)2)32-11-12-33-24-22(26)14-19(15-23(24)31-3)16-27-29-25(30)28-20-7-5-4-6-8-20/h4-10,13-16H,11-12H2,1-3H3,(H2,28,29,30)/b27-16-. The molecule has 172 valence electrons. The number of ether oxygens (including phenoxy) is 3. The van der Waals surface area contributed by atoms with Gasteiger partial charge in [-0.2, -0.15) is 5.10 Å². The normalized spacial score (nSPS) is 10.7. The Morgan fingerprint density at radius 1 is 1.00 bits per heavy atom. The number of hydrogen-bond donors (Lipinski definition) is 2. The number of rotatable bonds is 9. The molecule has 0 unspecified atom stereocenters. The number of aryl methyl sites for hydroxylation is 2. The number of methoxy groups -OCH3 is 1. The zero-order valence-electron chi connectivity index (χ0n) is 18.7. The van der Waals surface area contributed by atoms with E-state index in [-0.39, 0.29) is 6.61 Å². The average molecular weight is 468 g/mol. The van der Waals surface area contributed by atoms with Gasteiger partial charge in [-0.1, -0.05) is 35.9 Å². The van der Waals surface area contributed by atoms with Crippen molar-refractivity contribution in [2.24, 2.45) is 5.10 Å². The third-order valence-electron chi connectivity index (χ3n) is 4.74. The van der Waals surface area contributed by atoms with Crippen molar-refractivity contribution in [3.8, 4) is 17.2 Å². The Bertz CT molecular complexity index is 1120. The number of para-hydroxylation sites is 1. The molecule has 0 aliphatic heterocycles. The Morgan fingerprint density at radius 2 is 1.76 bits per heavy atom. The van der Waals surface area contributed by atoms with Crippen LogP contribution in [0.25, 0.3) is 0 Å². The van der Waals surface area contributed by atoms with Gasteiger partial charge in [0.2, 0.25) is 0 Å². The SMILES string of the molecule is COc1cc(/C=N\NC(=O)Nc2ccccc2)cc(Cl)c1OCCOc1ccc(C)c(C)c1. The van der Waals surface area contributed by atoms with E-state index in [0.717, 1.165) is 5.75 Å². The molecule has 0 radical (unpaired) electrons.